The third kappa shape index (κ3) is 5.53. The lowest BCUT2D eigenvalue weighted by molar-refractivity contribution is -0.134. The maximum Gasteiger partial charge on any atom is 0.364 e. The van der Waals surface area contributed by atoms with Crippen molar-refractivity contribution in [3.05, 3.63) is 29.7 Å². The first-order valence-corrected chi connectivity index (χ1v) is 9.65. The van der Waals surface area contributed by atoms with Gasteiger partial charge in [0.25, 0.3) is 0 Å². The fourth-order valence-corrected chi connectivity index (χ4v) is 4.07. The zero-order chi connectivity index (χ0) is 18.4. The third-order valence-electron chi connectivity index (χ3n) is 5.38. The van der Waals surface area contributed by atoms with Gasteiger partial charge >= 0.3 is 5.97 Å². The molecule has 1 atom stereocenters. The van der Waals surface area contributed by atoms with Crippen molar-refractivity contribution in [2.24, 2.45) is 5.92 Å². The summed E-state index contributed by atoms with van der Waals surface area (Å²) >= 11 is 0. The molecule has 2 N–H and O–H groups in total. The molecule has 0 aromatic carbocycles. The van der Waals surface area contributed by atoms with Crippen molar-refractivity contribution in [1.82, 2.24) is 9.88 Å². The summed E-state index contributed by atoms with van der Waals surface area (Å²) < 4.78 is 13.1. The van der Waals surface area contributed by atoms with E-state index in [1.54, 1.807) is 12.1 Å². The second kappa shape index (κ2) is 9.12. The minimum atomic E-state index is -1.56. The van der Waals surface area contributed by atoms with Crippen molar-refractivity contribution in [2.45, 2.75) is 51.0 Å². The van der Waals surface area contributed by atoms with Crippen molar-refractivity contribution >= 4 is 17.9 Å². The maximum atomic E-state index is 13.1. The summed E-state index contributed by atoms with van der Waals surface area (Å²) in [7, 11) is 0. The molecule has 0 unspecified atom stereocenters. The van der Waals surface area contributed by atoms with Gasteiger partial charge in [0.15, 0.2) is 0 Å². The van der Waals surface area contributed by atoms with Crippen LogP contribution in [0.5, 0.6) is 0 Å². The lowest BCUT2D eigenvalue weighted by Gasteiger charge is -2.36. The molecule has 142 valence electrons. The molecule has 1 saturated heterocycles. The molecule has 3 rings (SSSR count). The number of anilines is 1. The van der Waals surface area contributed by atoms with E-state index in [4.69, 9.17) is 5.11 Å². The average molecular weight is 361 g/mol. The molecule has 1 aliphatic heterocycles. The summed E-state index contributed by atoms with van der Waals surface area (Å²) in [5.41, 5.74) is 0.443. The van der Waals surface area contributed by atoms with Crippen LogP contribution in [0.3, 0.4) is 0 Å². The van der Waals surface area contributed by atoms with E-state index in [0.29, 0.717) is 11.6 Å². The molecule has 0 amide bonds. The van der Waals surface area contributed by atoms with Gasteiger partial charge in [0, 0.05) is 25.3 Å². The van der Waals surface area contributed by atoms with Crippen LogP contribution in [-0.4, -0.2) is 46.6 Å². The van der Waals surface area contributed by atoms with Gasteiger partial charge in [-0.25, -0.2) is 9.78 Å². The SMILES string of the molecule is O=C(O)/C(F)=C/c1ccc(N[C@@H]2CCCN(CC3CCCCC3)C2)nc1. The number of piperidine rings is 1. The van der Waals surface area contributed by atoms with Crippen LogP contribution in [0.25, 0.3) is 6.08 Å². The van der Waals surface area contributed by atoms with E-state index in [-0.39, 0.29) is 0 Å². The van der Waals surface area contributed by atoms with Crippen LogP contribution in [0.1, 0.15) is 50.5 Å². The van der Waals surface area contributed by atoms with Gasteiger partial charge < -0.3 is 15.3 Å². The lowest BCUT2D eigenvalue weighted by Crippen LogP contribution is -2.44. The fourth-order valence-electron chi connectivity index (χ4n) is 4.07. The average Bonchev–Trinajstić information content (AvgIpc) is 2.64. The fraction of sp³-hybridized carbons (Fsp3) is 0.600. The number of nitrogens with one attached hydrogen (secondary N) is 1. The maximum absolute atomic E-state index is 13.1. The van der Waals surface area contributed by atoms with E-state index in [1.165, 1.54) is 57.8 Å². The monoisotopic (exact) mass is 361 g/mol. The predicted molar refractivity (Wildman–Crippen MR) is 101 cm³/mol. The highest BCUT2D eigenvalue weighted by Gasteiger charge is 2.23. The largest absolute Gasteiger partial charge is 0.476 e. The summed E-state index contributed by atoms with van der Waals surface area (Å²) in [5, 5.41) is 12.0. The van der Waals surface area contributed by atoms with Gasteiger partial charge in [-0.15, -0.1) is 0 Å². The molecule has 2 fully saturated rings. The molecule has 2 heterocycles. The van der Waals surface area contributed by atoms with Gasteiger partial charge in [-0.2, -0.15) is 4.39 Å². The number of carbonyl (C=O) groups is 1. The summed E-state index contributed by atoms with van der Waals surface area (Å²) in [6.07, 6.45) is 11.7. The highest BCUT2D eigenvalue weighted by atomic mass is 19.1. The first-order chi connectivity index (χ1) is 12.6. The zero-order valence-electron chi connectivity index (χ0n) is 15.2. The molecule has 0 bridgehead atoms. The Morgan fingerprint density at radius 1 is 1.27 bits per heavy atom. The minimum absolute atomic E-state index is 0.372. The number of hydrogen-bond donors (Lipinski definition) is 2. The molecule has 1 saturated carbocycles. The van der Waals surface area contributed by atoms with Crippen LogP contribution in [0.4, 0.5) is 10.2 Å². The predicted octanol–water partition coefficient (Wildman–Crippen LogP) is 3.93. The summed E-state index contributed by atoms with van der Waals surface area (Å²) in [6.45, 7) is 3.43. The Labute approximate surface area is 154 Å². The van der Waals surface area contributed by atoms with E-state index in [2.05, 4.69) is 15.2 Å². The second-order valence-corrected chi connectivity index (χ2v) is 7.52. The van der Waals surface area contributed by atoms with Gasteiger partial charge in [-0.05, 0) is 61.9 Å². The van der Waals surface area contributed by atoms with Crippen molar-refractivity contribution < 1.29 is 14.3 Å². The van der Waals surface area contributed by atoms with Crippen molar-refractivity contribution in [1.29, 1.82) is 0 Å². The van der Waals surface area contributed by atoms with Crippen LogP contribution >= 0.6 is 0 Å². The molecular weight excluding hydrogens is 333 g/mol. The van der Waals surface area contributed by atoms with Crippen LogP contribution in [0.15, 0.2) is 24.2 Å². The van der Waals surface area contributed by atoms with Crippen LogP contribution < -0.4 is 5.32 Å². The van der Waals surface area contributed by atoms with E-state index in [9.17, 15) is 9.18 Å². The van der Waals surface area contributed by atoms with Crippen LogP contribution in [-0.2, 0) is 4.79 Å². The van der Waals surface area contributed by atoms with Crippen molar-refractivity contribution in [3.63, 3.8) is 0 Å². The number of pyridine rings is 1. The number of carboxylic acid groups (broad SMARTS) is 1. The quantitative estimate of drug-likeness (QED) is 0.752. The first kappa shape index (κ1) is 18.8. The number of halogens is 1. The Morgan fingerprint density at radius 2 is 2.08 bits per heavy atom. The van der Waals surface area contributed by atoms with Gasteiger partial charge in [-0.1, -0.05) is 19.3 Å². The Morgan fingerprint density at radius 3 is 2.77 bits per heavy atom. The number of aromatic nitrogens is 1. The van der Waals surface area contributed by atoms with Crippen molar-refractivity contribution in [3.8, 4) is 0 Å². The molecular formula is C20H28FN3O2. The zero-order valence-corrected chi connectivity index (χ0v) is 15.2. The molecule has 1 aliphatic carbocycles. The molecule has 26 heavy (non-hydrogen) atoms. The third-order valence-corrected chi connectivity index (χ3v) is 5.38. The molecule has 6 heteroatoms. The van der Waals surface area contributed by atoms with Gasteiger partial charge in [0.05, 0.1) is 0 Å². The molecule has 0 spiro atoms. The molecule has 5 nitrogen and oxygen atoms in total. The number of carboxylic acids is 1. The lowest BCUT2D eigenvalue weighted by atomic mass is 9.88. The number of aliphatic carboxylic acids is 1. The van der Waals surface area contributed by atoms with Crippen LogP contribution in [0, 0.1) is 5.92 Å². The Balaban J connectivity index is 1.51. The van der Waals surface area contributed by atoms with E-state index < -0.39 is 11.8 Å². The van der Waals surface area contributed by atoms with E-state index in [0.717, 1.165) is 30.8 Å². The Kier molecular flexibility index (Phi) is 6.61. The number of hydrogen-bond acceptors (Lipinski definition) is 4. The second-order valence-electron chi connectivity index (χ2n) is 7.52. The minimum Gasteiger partial charge on any atom is -0.476 e. The molecule has 1 aromatic heterocycles. The standard InChI is InChI=1S/C20H28FN3O2/c21-18(20(25)26)11-16-8-9-19(22-12-16)23-17-7-4-10-24(14-17)13-15-5-2-1-3-6-15/h8-9,11-12,15,17H,1-7,10,13-14H2,(H,22,23)(H,25,26)/b18-11-/t17-/m1/s1. The summed E-state index contributed by atoms with van der Waals surface area (Å²) in [5.74, 6) is -1.14. The molecule has 2 aliphatic rings. The van der Waals surface area contributed by atoms with E-state index in [1.807, 2.05) is 0 Å². The topological polar surface area (TPSA) is 65.5 Å². The normalized spacial score (nSPS) is 23.0. The number of nitrogens with zero attached hydrogens (tertiary/aromatic N) is 2. The summed E-state index contributed by atoms with van der Waals surface area (Å²) in [6, 6.07) is 3.83. The van der Waals surface area contributed by atoms with Gasteiger partial charge in [-0.3, -0.25) is 0 Å². The van der Waals surface area contributed by atoms with Gasteiger partial charge in [0.1, 0.15) is 5.82 Å². The first-order valence-electron chi connectivity index (χ1n) is 9.65. The molecule has 0 radical (unpaired) electrons. The highest BCUT2D eigenvalue weighted by molar-refractivity contribution is 5.89. The van der Waals surface area contributed by atoms with E-state index >= 15 is 0 Å². The number of likely N-dealkylation sites (tertiary alicyclic amines) is 1. The number of rotatable bonds is 6. The van der Waals surface area contributed by atoms with Crippen molar-refractivity contribution in [2.75, 3.05) is 25.0 Å². The Hall–Kier alpha value is -1.95. The molecule has 1 aromatic rings. The van der Waals surface area contributed by atoms with Gasteiger partial charge in [0.2, 0.25) is 5.83 Å². The van der Waals surface area contributed by atoms with Crippen LogP contribution in [0.2, 0.25) is 0 Å². The Bertz CT molecular complexity index is 626. The summed E-state index contributed by atoms with van der Waals surface area (Å²) in [4.78, 5) is 17.4. The highest BCUT2D eigenvalue weighted by Crippen LogP contribution is 2.26. The smallest absolute Gasteiger partial charge is 0.364 e.